The number of hydrogen-bond acceptors (Lipinski definition) is 9. The van der Waals surface area contributed by atoms with Crippen molar-refractivity contribution in [3.8, 4) is 22.8 Å². The van der Waals surface area contributed by atoms with Crippen molar-refractivity contribution in [2.24, 2.45) is 0 Å². The lowest BCUT2D eigenvalue weighted by molar-refractivity contribution is -0.132. The molecule has 0 atom stereocenters. The second kappa shape index (κ2) is 14.3. The molecule has 0 bridgehead atoms. The van der Waals surface area contributed by atoms with Gasteiger partial charge in [0.1, 0.15) is 23.9 Å². The molecule has 0 saturated carbocycles. The fraction of sp³-hybridized carbons (Fsp3) is 0.419. The lowest BCUT2D eigenvalue weighted by atomic mass is 10.1. The Balaban J connectivity index is 1.19. The molecule has 1 aromatic heterocycles. The number of nitrogens with zero attached hydrogens (tertiary/aromatic N) is 6. The number of aromatic nitrogens is 2. The normalized spacial score (nSPS) is 15.7. The smallest absolute Gasteiger partial charge is 0.254 e. The van der Waals surface area contributed by atoms with Crippen LogP contribution < -0.4 is 14.4 Å². The van der Waals surface area contributed by atoms with Crippen LogP contribution in [0.1, 0.15) is 10.4 Å². The number of benzene rings is 2. The molecule has 3 heterocycles. The number of morpholine rings is 1. The molecule has 5 rings (SSSR count). The van der Waals surface area contributed by atoms with E-state index in [2.05, 4.69) is 20.0 Å². The Hall–Kier alpha value is -4.29. The van der Waals surface area contributed by atoms with Gasteiger partial charge in [-0.1, -0.05) is 0 Å². The first-order chi connectivity index (χ1) is 20.9. The molecule has 0 aliphatic carbocycles. The number of methoxy groups -OCH3 is 2. The first-order valence-electron chi connectivity index (χ1n) is 14.4. The van der Waals surface area contributed by atoms with Crippen LogP contribution in [-0.2, 0) is 9.53 Å². The summed E-state index contributed by atoms with van der Waals surface area (Å²) in [6.07, 6.45) is 0. The number of carbonyl (C=O) groups excluding carboxylic acids is 2. The Morgan fingerprint density at radius 2 is 1.65 bits per heavy atom. The maximum Gasteiger partial charge on any atom is 0.254 e. The van der Waals surface area contributed by atoms with E-state index < -0.39 is 5.82 Å². The van der Waals surface area contributed by atoms with Gasteiger partial charge in [0.05, 0.1) is 33.1 Å². The maximum absolute atomic E-state index is 13.5. The zero-order valence-corrected chi connectivity index (χ0v) is 24.6. The van der Waals surface area contributed by atoms with Crippen molar-refractivity contribution in [2.45, 2.75) is 0 Å². The standard InChI is InChI=1S/C31H37FN6O5/c1-41-25-7-8-26(28(21-25)42-2)27-9-10-29(34-33-27)36-13-15-37(16-14-36)30(39)22-38(12-11-35-17-19-43-20-18-35)31(40)23-3-5-24(32)6-4-23/h3-10,21H,11-20,22H2,1-2H3. The van der Waals surface area contributed by atoms with Gasteiger partial charge in [0.15, 0.2) is 5.82 Å². The zero-order chi connectivity index (χ0) is 30.2. The number of hydrogen-bond donors (Lipinski definition) is 0. The molecule has 3 aromatic rings. The van der Waals surface area contributed by atoms with Gasteiger partial charge in [-0.15, -0.1) is 10.2 Å². The van der Waals surface area contributed by atoms with E-state index in [9.17, 15) is 14.0 Å². The second-order valence-electron chi connectivity index (χ2n) is 10.4. The summed E-state index contributed by atoms with van der Waals surface area (Å²) in [7, 11) is 3.20. The third-order valence-corrected chi connectivity index (χ3v) is 7.79. The van der Waals surface area contributed by atoms with E-state index in [4.69, 9.17) is 14.2 Å². The van der Waals surface area contributed by atoms with E-state index >= 15 is 0 Å². The van der Waals surface area contributed by atoms with Gasteiger partial charge < -0.3 is 28.9 Å². The Morgan fingerprint density at radius 1 is 0.907 bits per heavy atom. The fourth-order valence-corrected chi connectivity index (χ4v) is 5.21. The molecule has 43 heavy (non-hydrogen) atoms. The number of anilines is 1. The minimum Gasteiger partial charge on any atom is -0.497 e. The Kier molecular flexibility index (Phi) is 10.0. The third-order valence-electron chi connectivity index (χ3n) is 7.79. The van der Waals surface area contributed by atoms with E-state index in [-0.39, 0.29) is 18.4 Å². The lowest BCUT2D eigenvalue weighted by Gasteiger charge is -2.36. The van der Waals surface area contributed by atoms with E-state index in [0.29, 0.717) is 75.2 Å². The van der Waals surface area contributed by atoms with Gasteiger partial charge in [-0.25, -0.2) is 4.39 Å². The van der Waals surface area contributed by atoms with E-state index in [1.807, 2.05) is 24.3 Å². The molecular weight excluding hydrogens is 555 g/mol. The van der Waals surface area contributed by atoms with Crippen molar-refractivity contribution in [2.75, 3.05) is 91.2 Å². The van der Waals surface area contributed by atoms with E-state index in [0.717, 1.165) is 24.5 Å². The largest absolute Gasteiger partial charge is 0.497 e. The molecule has 0 radical (unpaired) electrons. The molecule has 2 fully saturated rings. The molecule has 228 valence electrons. The Labute approximate surface area is 250 Å². The van der Waals surface area contributed by atoms with Crippen LogP contribution in [0.2, 0.25) is 0 Å². The summed E-state index contributed by atoms with van der Waals surface area (Å²) in [6.45, 7) is 6.02. The molecule has 2 saturated heterocycles. The Morgan fingerprint density at radius 3 is 2.30 bits per heavy atom. The third kappa shape index (κ3) is 7.57. The fourth-order valence-electron chi connectivity index (χ4n) is 5.21. The Bertz CT molecular complexity index is 1380. The number of rotatable bonds is 10. The van der Waals surface area contributed by atoms with Crippen LogP contribution in [0.25, 0.3) is 11.3 Å². The molecule has 11 nitrogen and oxygen atoms in total. The monoisotopic (exact) mass is 592 g/mol. The molecule has 2 aromatic carbocycles. The number of ether oxygens (including phenoxy) is 3. The highest BCUT2D eigenvalue weighted by atomic mass is 19.1. The lowest BCUT2D eigenvalue weighted by Crippen LogP contribution is -2.53. The second-order valence-corrected chi connectivity index (χ2v) is 10.4. The van der Waals surface area contributed by atoms with Gasteiger partial charge in [-0.2, -0.15) is 0 Å². The van der Waals surface area contributed by atoms with Crippen LogP contribution in [0.15, 0.2) is 54.6 Å². The quantitative estimate of drug-likeness (QED) is 0.351. The predicted octanol–water partition coefficient (Wildman–Crippen LogP) is 2.42. The summed E-state index contributed by atoms with van der Waals surface area (Å²) in [6, 6.07) is 14.8. The highest BCUT2D eigenvalue weighted by molar-refractivity contribution is 5.96. The highest BCUT2D eigenvalue weighted by Gasteiger charge is 2.27. The molecule has 12 heteroatoms. The molecule has 2 aliphatic rings. The van der Waals surface area contributed by atoms with Crippen molar-refractivity contribution in [1.82, 2.24) is 24.9 Å². The van der Waals surface area contributed by atoms with Crippen LogP contribution in [0.5, 0.6) is 11.5 Å². The van der Waals surface area contributed by atoms with Crippen LogP contribution in [0, 0.1) is 5.82 Å². The van der Waals surface area contributed by atoms with Gasteiger partial charge in [0.2, 0.25) is 5.91 Å². The van der Waals surface area contributed by atoms with Crippen LogP contribution >= 0.6 is 0 Å². The number of halogens is 1. The summed E-state index contributed by atoms with van der Waals surface area (Å²) < 4.78 is 29.7. The van der Waals surface area contributed by atoms with Crippen LogP contribution in [0.3, 0.4) is 0 Å². The summed E-state index contributed by atoms with van der Waals surface area (Å²) in [5, 5.41) is 8.86. The highest BCUT2D eigenvalue weighted by Crippen LogP contribution is 2.32. The summed E-state index contributed by atoms with van der Waals surface area (Å²) in [5.41, 5.74) is 1.85. The number of piperazine rings is 1. The molecule has 2 aliphatic heterocycles. The molecule has 0 unspecified atom stereocenters. The van der Waals surface area contributed by atoms with E-state index in [1.165, 1.54) is 24.3 Å². The van der Waals surface area contributed by atoms with Gasteiger partial charge >= 0.3 is 0 Å². The first-order valence-corrected chi connectivity index (χ1v) is 14.4. The first kappa shape index (κ1) is 30.2. The zero-order valence-electron chi connectivity index (χ0n) is 24.6. The predicted molar refractivity (Wildman–Crippen MR) is 159 cm³/mol. The van der Waals surface area contributed by atoms with Crippen molar-refractivity contribution in [3.05, 3.63) is 66.0 Å². The molecular formula is C31H37FN6O5. The summed E-state index contributed by atoms with van der Waals surface area (Å²) >= 11 is 0. The number of amides is 2. The van der Waals surface area contributed by atoms with Gasteiger partial charge in [0.25, 0.3) is 5.91 Å². The van der Waals surface area contributed by atoms with Crippen LogP contribution in [0.4, 0.5) is 10.2 Å². The summed E-state index contributed by atoms with van der Waals surface area (Å²) in [5.74, 6) is 1.24. The molecule has 0 spiro atoms. The summed E-state index contributed by atoms with van der Waals surface area (Å²) in [4.78, 5) is 34.4. The minimum absolute atomic E-state index is 0.0429. The van der Waals surface area contributed by atoms with Crippen molar-refractivity contribution < 1.29 is 28.2 Å². The molecule has 0 N–H and O–H groups in total. The van der Waals surface area contributed by atoms with Crippen molar-refractivity contribution >= 4 is 17.6 Å². The van der Waals surface area contributed by atoms with Crippen molar-refractivity contribution in [1.29, 1.82) is 0 Å². The van der Waals surface area contributed by atoms with Gasteiger partial charge in [0, 0.05) is 69.6 Å². The molecule has 2 amide bonds. The number of carbonyl (C=O) groups is 2. The average molecular weight is 593 g/mol. The topological polar surface area (TPSA) is 101 Å². The van der Waals surface area contributed by atoms with Crippen molar-refractivity contribution in [3.63, 3.8) is 0 Å². The maximum atomic E-state index is 13.5. The van der Waals surface area contributed by atoms with Gasteiger partial charge in [-0.3, -0.25) is 14.5 Å². The van der Waals surface area contributed by atoms with Crippen LogP contribution in [-0.4, -0.2) is 123 Å². The SMILES string of the molecule is COc1ccc(-c2ccc(N3CCN(C(=O)CN(CCN4CCOCC4)C(=O)c4ccc(F)cc4)CC3)nn2)c(OC)c1. The van der Waals surface area contributed by atoms with E-state index in [1.54, 1.807) is 30.1 Å². The van der Waals surface area contributed by atoms with Gasteiger partial charge in [-0.05, 0) is 48.5 Å². The minimum atomic E-state index is -0.412. The average Bonchev–Trinajstić information content (AvgIpc) is 3.07.